The van der Waals surface area contributed by atoms with E-state index < -0.39 is 5.91 Å². The third-order valence-corrected chi connectivity index (χ3v) is 5.30. The van der Waals surface area contributed by atoms with E-state index in [0.29, 0.717) is 33.1 Å². The van der Waals surface area contributed by atoms with E-state index in [0.717, 1.165) is 0 Å². The van der Waals surface area contributed by atoms with E-state index in [9.17, 15) is 14.4 Å². The first-order valence-corrected chi connectivity index (χ1v) is 10.1. The van der Waals surface area contributed by atoms with Gasteiger partial charge < -0.3 is 10.1 Å². The number of benzene rings is 3. The number of rotatable bonds is 5. The van der Waals surface area contributed by atoms with Crippen LogP contribution in [0, 0.1) is 0 Å². The average molecular weight is 452 g/mol. The molecule has 154 valence electrons. The zero-order chi connectivity index (χ0) is 22.0. The van der Waals surface area contributed by atoms with Gasteiger partial charge in [0.15, 0.2) is 18.2 Å². The van der Waals surface area contributed by atoms with Gasteiger partial charge in [0.2, 0.25) is 0 Å². The largest absolute Gasteiger partial charge is 0.482 e. The minimum Gasteiger partial charge on any atom is -0.482 e. The Morgan fingerprint density at radius 2 is 1.52 bits per heavy atom. The number of amides is 1. The Kier molecular flexibility index (Phi) is 5.89. The lowest BCUT2D eigenvalue weighted by Crippen LogP contribution is -2.20. The van der Waals surface area contributed by atoms with E-state index in [4.69, 9.17) is 27.9 Å². The lowest BCUT2D eigenvalue weighted by molar-refractivity contribution is -0.118. The Morgan fingerprint density at radius 1 is 0.871 bits per heavy atom. The SMILES string of the molecule is O=C(COc1ccc(C=C2C(=O)c3ccccc3C2=O)cc1Cl)Nc1ccccc1Cl. The topological polar surface area (TPSA) is 72.5 Å². The van der Waals surface area contributed by atoms with Gasteiger partial charge in [-0.05, 0) is 35.9 Å². The molecule has 1 aliphatic carbocycles. The zero-order valence-corrected chi connectivity index (χ0v) is 17.5. The molecule has 0 spiro atoms. The second kappa shape index (κ2) is 8.76. The molecule has 31 heavy (non-hydrogen) atoms. The van der Waals surface area contributed by atoms with Crippen LogP contribution >= 0.6 is 23.2 Å². The summed E-state index contributed by atoms with van der Waals surface area (Å²) >= 11 is 12.3. The van der Waals surface area contributed by atoms with Crippen molar-refractivity contribution in [3.8, 4) is 5.75 Å². The Bertz CT molecular complexity index is 1210. The highest BCUT2D eigenvalue weighted by Crippen LogP contribution is 2.30. The summed E-state index contributed by atoms with van der Waals surface area (Å²) < 4.78 is 5.49. The molecule has 1 N–H and O–H groups in total. The minimum atomic E-state index is -0.393. The van der Waals surface area contributed by atoms with Crippen LogP contribution in [0.3, 0.4) is 0 Å². The Hall–Kier alpha value is -3.41. The number of fused-ring (bicyclic) bond motifs is 1. The summed E-state index contributed by atoms with van der Waals surface area (Å²) in [6, 6.07) is 18.4. The lowest BCUT2D eigenvalue weighted by Gasteiger charge is -2.10. The Labute approximate surface area is 188 Å². The van der Waals surface area contributed by atoms with E-state index in [2.05, 4.69) is 5.32 Å². The van der Waals surface area contributed by atoms with Gasteiger partial charge in [-0.1, -0.05) is 65.7 Å². The molecular weight excluding hydrogens is 437 g/mol. The van der Waals surface area contributed by atoms with Gasteiger partial charge in [0.05, 0.1) is 21.3 Å². The van der Waals surface area contributed by atoms with Gasteiger partial charge in [-0.25, -0.2) is 0 Å². The van der Waals surface area contributed by atoms with Crippen molar-refractivity contribution < 1.29 is 19.1 Å². The predicted octanol–water partition coefficient (Wildman–Crippen LogP) is 5.47. The number of halogens is 2. The van der Waals surface area contributed by atoms with Gasteiger partial charge in [-0.15, -0.1) is 0 Å². The molecule has 0 heterocycles. The van der Waals surface area contributed by atoms with Crippen LogP contribution in [0.15, 0.2) is 72.3 Å². The van der Waals surface area contributed by atoms with Crippen LogP contribution < -0.4 is 10.1 Å². The number of ether oxygens (including phenoxy) is 1. The first-order valence-electron chi connectivity index (χ1n) is 9.31. The van der Waals surface area contributed by atoms with Gasteiger partial charge >= 0.3 is 0 Å². The first-order chi connectivity index (χ1) is 14.9. The maximum Gasteiger partial charge on any atom is 0.262 e. The van der Waals surface area contributed by atoms with Gasteiger partial charge in [0, 0.05) is 11.1 Å². The molecule has 3 aromatic rings. The number of nitrogens with one attached hydrogen (secondary N) is 1. The number of carbonyl (C=O) groups is 3. The molecule has 5 nitrogen and oxygen atoms in total. The Balaban J connectivity index is 1.45. The van der Waals surface area contributed by atoms with Gasteiger partial charge in [0.1, 0.15) is 5.75 Å². The molecule has 7 heteroatoms. The van der Waals surface area contributed by atoms with E-state index >= 15 is 0 Å². The monoisotopic (exact) mass is 451 g/mol. The quantitative estimate of drug-likeness (QED) is 0.412. The summed E-state index contributed by atoms with van der Waals surface area (Å²) in [6.45, 7) is -0.266. The summed E-state index contributed by atoms with van der Waals surface area (Å²) in [5.41, 5.74) is 1.94. The van der Waals surface area contributed by atoms with Crippen molar-refractivity contribution in [2.24, 2.45) is 0 Å². The normalized spacial score (nSPS) is 12.5. The maximum atomic E-state index is 12.5. The molecule has 0 aliphatic heterocycles. The summed E-state index contributed by atoms with van der Waals surface area (Å²) in [6.07, 6.45) is 1.50. The minimum absolute atomic E-state index is 0.0880. The van der Waals surface area contributed by atoms with Crippen LogP contribution in [0.4, 0.5) is 5.69 Å². The fourth-order valence-corrected chi connectivity index (χ4v) is 3.61. The standard InChI is InChI=1S/C24H15Cl2NO4/c25-18-7-3-4-8-20(18)27-22(28)13-31-21-10-9-14(12-19(21)26)11-17-23(29)15-5-1-2-6-16(15)24(17)30/h1-12H,13H2,(H,27,28). The highest BCUT2D eigenvalue weighted by Gasteiger charge is 2.32. The molecule has 0 saturated heterocycles. The predicted molar refractivity (Wildman–Crippen MR) is 120 cm³/mol. The Morgan fingerprint density at radius 3 is 2.16 bits per heavy atom. The van der Waals surface area contributed by atoms with Crippen molar-refractivity contribution in [3.63, 3.8) is 0 Å². The molecule has 3 aromatic carbocycles. The van der Waals surface area contributed by atoms with Gasteiger partial charge in [-0.2, -0.15) is 0 Å². The summed E-state index contributed by atoms with van der Waals surface area (Å²) in [4.78, 5) is 37.1. The van der Waals surface area contributed by atoms with Crippen LogP contribution in [0.2, 0.25) is 10.0 Å². The highest BCUT2D eigenvalue weighted by molar-refractivity contribution is 6.41. The average Bonchev–Trinajstić information content (AvgIpc) is 3.00. The molecule has 0 radical (unpaired) electrons. The number of carbonyl (C=O) groups excluding carboxylic acids is 3. The van der Waals surface area contributed by atoms with E-state index in [1.165, 1.54) is 6.08 Å². The third kappa shape index (κ3) is 4.38. The van der Waals surface area contributed by atoms with Crippen molar-refractivity contribution >= 4 is 52.4 Å². The smallest absolute Gasteiger partial charge is 0.262 e. The third-order valence-electron chi connectivity index (χ3n) is 4.68. The molecule has 4 rings (SSSR count). The fourth-order valence-electron chi connectivity index (χ4n) is 3.19. The summed E-state index contributed by atoms with van der Waals surface area (Å²) in [5.74, 6) is -0.720. The summed E-state index contributed by atoms with van der Waals surface area (Å²) in [5, 5.41) is 3.32. The maximum absolute atomic E-state index is 12.5. The highest BCUT2D eigenvalue weighted by atomic mass is 35.5. The van der Waals surface area contributed by atoms with Gasteiger partial charge in [-0.3, -0.25) is 14.4 Å². The molecule has 1 amide bonds. The van der Waals surface area contributed by atoms with Crippen molar-refractivity contribution in [2.45, 2.75) is 0 Å². The number of anilines is 1. The van der Waals surface area contributed by atoms with Crippen molar-refractivity contribution in [1.29, 1.82) is 0 Å². The van der Waals surface area contributed by atoms with Crippen molar-refractivity contribution in [1.82, 2.24) is 0 Å². The van der Waals surface area contributed by atoms with Crippen LogP contribution in [0.25, 0.3) is 6.08 Å². The van der Waals surface area contributed by atoms with Crippen molar-refractivity contribution in [2.75, 3.05) is 11.9 Å². The molecule has 0 atom stereocenters. The molecular formula is C24H15Cl2NO4. The first kappa shape index (κ1) is 20.8. The van der Waals surface area contributed by atoms with E-state index in [-0.39, 0.29) is 28.8 Å². The molecule has 0 saturated carbocycles. The molecule has 0 fully saturated rings. The second-order valence-corrected chi connectivity index (χ2v) is 7.58. The molecule has 0 unspecified atom stereocenters. The number of allylic oxidation sites excluding steroid dienone is 1. The van der Waals surface area contributed by atoms with E-state index in [1.807, 2.05) is 0 Å². The number of hydrogen-bond donors (Lipinski definition) is 1. The van der Waals surface area contributed by atoms with E-state index in [1.54, 1.807) is 66.7 Å². The molecule has 0 bridgehead atoms. The van der Waals surface area contributed by atoms with Crippen molar-refractivity contribution in [3.05, 3.63) is 99.0 Å². The van der Waals surface area contributed by atoms with Gasteiger partial charge in [0.25, 0.3) is 5.91 Å². The lowest BCUT2D eigenvalue weighted by atomic mass is 10.1. The number of para-hydroxylation sites is 1. The summed E-state index contributed by atoms with van der Waals surface area (Å²) in [7, 11) is 0. The second-order valence-electron chi connectivity index (χ2n) is 6.77. The number of Topliss-reactive ketones (excluding diaryl/α,β-unsaturated/α-hetero) is 2. The zero-order valence-electron chi connectivity index (χ0n) is 16.0. The van der Waals surface area contributed by atoms with Crippen LogP contribution in [-0.4, -0.2) is 24.1 Å². The number of hydrogen-bond acceptors (Lipinski definition) is 4. The fraction of sp³-hybridized carbons (Fsp3) is 0.0417. The molecule has 1 aliphatic rings. The number of ketones is 2. The van der Waals surface area contributed by atoms with Crippen LogP contribution in [0.1, 0.15) is 26.3 Å². The molecule has 0 aromatic heterocycles. The van der Waals surface area contributed by atoms with Crippen LogP contribution in [0.5, 0.6) is 5.75 Å². The van der Waals surface area contributed by atoms with Crippen LogP contribution in [-0.2, 0) is 4.79 Å².